The van der Waals surface area contributed by atoms with Crippen molar-refractivity contribution in [2.45, 2.75) is 16.7 Å². The highest BCUT2D eigenvalue weighted by atomic mass is 32.2. The number of nitrogens with zero attached hydrogens (tertiary/aromatic N) is 1. The van der Waals surface area contributed by atoms with Crippen LogP contribution in [-0.4, -0.2) is 26.4 Å². The molecule has 1 aromatic heterocycles. The summed E-state index contributed by atoms with van der Waals surface area (Å²) in [6.07, 6.45) is 3.16. The quantitative estimate of drug-likeness (QED) is 0.378. The van der Waals surface area contributed by atoms with Crippen LogP contribution >= 0.6 is 11.3 Å². The first-order valence-corrected chi connectivity index (χ1v) is 13.1. The Morgan fingerprint density at radius 3 is 2.34 bits per heavy atom. The Labute approximate surface area is 189 Å². The molecule has 32 heavy (non-hydrogen) atoms. The number of hydrogen-bond acceptors (Lipinski definition) is 6. The standard InChI is InChI=1S/C22H18N2O5S3/c1-15-6-11-18(12-7-15)31(25,26)24-17-10-8-16(21(14-17)32(27,28)29)9-13-22-23-19-4-2-3-5-20(19)30-22/h2-14,24H,1H3,(H,27,28,29). The van der Waals surface area contributed by atoms with Crippen molar-refractivity contribution in [1.82, 2.24) is 4.98 Å². The predicted octanol–water partition coefficient (Wildman–Crippen LogP) is 4.82. The van der Waals surface area contributed by atoms with Gasteiger partial charge >= 0.3 is 0 Å². The van der Waals surface area contributed by atoms with Crippen LogP contribution in [0.15, 0.2) is 76.5 Å². The summed E-state index contributed by atoms with van der Waals surface area (Å²) in [5.41, 5.74) is 1.94. The first kappa shape index (κ1) is 22.2. The topological polar surface area (TPSA) is 113 Å². The average Bonchev–Trinajstić information content (AvgIpc) is 3.15. The van der Waals surface area contributed by atoms with Gasteiger partial charge in [-0.1, -0.05) is 42.0 Å². The predicted molar refractivity (Wildman–Crippen MR) is 127 cm³/mol. The van der Waals surface area contributed by atoms with E-state index in [9.17, 15) is 21.4 Å². The van der Waals surface area contributed by atoms with Gasteiger partial charge in [-0.15, -0.1) is 11.3 Å². The van der Waals surface area contributed by atoms with E-state index >= 15 is 0 Å². The second-order valence-corrected chi connectivity index (χ2v) is 11.1. The van der Waals surface area contributed by atoms with Gasteiger partial charge in [-0.2, -0.15) is 8.42 Å². The average molecular weight is 487 g/mol. The minimum atomic E-state index is -4.61. The highest BCUT2D eigenvalue weighted by molar-refractivity contribution is 7.92. The third-order valence-electron chi connectivity index (χ3n) is 4.59. The number of fused-ring (bicyclic) bond motifs is 1. The zero-order valence-electron chi connectivity index (χ0n) is 16.8. The van der Waals surface area contributed by atoms with E-state index in [0.29, 0.717) is 5.01 Å². The molecule has 7 nitrogen and oxygen atoms in total. The number of rotatable bonds is 6. The summed E-state index contributed by atoms with van der Waals surface area (Å²) >= 11 is 1.44. The number of para-hydroxylation sites is 1. The number of sulfonamides is 1. The van der Waals surface area contributed by atoms with Crippen LogP contribution in [-0.2, 0) is 20.1 Å². The van der Waals surface area contributed by atoms with Crippen molar-refractivity contribution in [2.75, 3.05) is 4.72 Å². The Hall–Kier alpha value is -3.05. The zero-order chi connectivity index (χ0) is 22.9. The van der Waals surface area contributed by atoms with E-state index in [4.69, 9.17) is 0 Å². The minimum absolute atomic E-state index is 0.00957. The largest absolute Gasteiger partial charge is 0.295 e. The van der Waals surface area contributed by atoms with Crippen LogP contribution in [0.2, 0.25) is 0 Å². The number of hydrogen-bond donors (Lipinski definition) is 2. The van der Waals surface area contributed by atoms with Crippen molar-refractivity contribution >= 4 is 59.5 Å². The molecule has 0 fully saturated rings. The fourth-order valence-corrected chi connectivity index (χ4v) is 5.64. The van der Waals surface area contributed by atoms with E-state index in [1.165, 1.54) is 41.7 Å². The molecular formula is C22H18N2O5S3. The summed E-state index contributed by atoms with van der Waals surface area (Å²) in [6.45, 7) is 1.84. The van der Waals surface area contributed by atoms with Crippen LogP contribution in [0.5, 0.6) is 0 Å². The van der Waals surface area contributed by atoms with Gasteiger partial charge in [0.15, 0.2) is 0 Å². The molecule has 0 unspecified atom stereocenters. The van der Waals surface area contributed by atoms with Gasteiger partial charge in [-0.3, -0.25) is 9.27 Å². The van der Waals surface area contributed by atoms with Crippen molar-refractivity contribution in [2.24, 2.45) is 0 Å². The highest BCUT2D eigenvalue weighted by Gasteiger charge is 2.19. The van der Waals surface area contributed by atoms with Crippen LogP contribution in [0.4, 0.5) is 5.69 Å². The molecule has 4 rings (SSSR count). The molecule has 164 valence electrons. The zero-order valence-corrected chi connectivity index (χ0v) is 19.2. The maximum absolute atomic E-state index is 12.6. The molecular weight excluding hydrogens is 468 g/mol. The third-order valence-corrected chi connectivity index (χ3v) is 7.90. The van der Waals surface area contributed by atoms with E-state index < -0.39 is 25.0 Å². The van der Waals surface area contributed by atoms with Crippen LogP contribution in [0.1, 0.15) is 16.1 Å². The molecule has 1 heterocycles. The monoisotopic (exact) mass is 486 g/mol. The number of aromatic nitrogens is 1. The van der Waals surface area contributed by atoms with Crippen LogP contribution < -0.4 is 4.72 Å². The Kier molecular flexibility index (Phi) is 5.87. The third kappa shape index (κ3) is 4.89. The molecule has 2 N–H and O–H groups in total. The van der Waals surface area contributed by atoms with E-state index in [-0.39, 0.29) is 16.1 Å². The van der Waals surface area contributed by atoms with Crippen molar-refractivity contribution in [3.63, 3.8) is 0 Å². The van der Waals surface area contributed by atoms with Gasteiger partial charge in [0, 0.05) is 0 Å². The first-order valence-electron chi connectivity index (χ1n) is 9.36. The van der Waals surface area contributed by atoms with Crippen molar-refractivity contribution in [3.05, 3.63) is 82.9 Å². The summed E-state index contributed by atoms with van der Waals surface area (Å²) in [4.78, 5) is 4.07. The van der Waals surface area contributed by atoms with E-state index in [1.807, 2.05) is 31.2 Å². The SMILES string of the molecule is Cc1ccc(S(=O)(=O)Nc2ccc(C=Cc3nc4ccccc4s3)c(S(=O)(=O)O)c2)cc1. The lowest BCUT2D eigenvalue weighted by atomic mass is 10.2. The highest BCUT2D eigenvalue weighted by Crippen LogP contribution is 2.27. The molecule has 0 saturated heterocycles. The Balaban J connectivity index is 1.67. The van der Waals surface area contributed by atoms with Gasteiger partial charge in [-0.25, -0.2) is 13.4 Å². The molecule has 0 spiro atoms. The van der Waals surface area contributed by atoms with Crippen molar-refractivity contribution in [3.8, 4) is 0 Å². The molecule has 4 aromatic rings. The summed E-state index contributed by atoms with van der Waals surface area (Å²) in [5.74, 6) is 0. The van der Waals surface area contributed by atoms with Crippen LogP contribution in [0.3, 0.4) is 0 Å². The Morgan fingerprint density at radius 1 is 0.938 bits per heavy atom. The lowest BCUT2D eigenvalue weighted by Crippen LogP contribution is -2.13. The summed E-state index contributed by atoms with van der Waals surface area (Å²) in [6, 6.07) is 17.8. The molecule has 0 aliphatic rings. The second kappa shape index (κ2) is 8.47. The second-order valence-electron chi connectivity index (χ2n) is 7.00. The van der Waals surface area contributed by atoms with E-state index in [1.54, 1.807) is 18.2 Å². The van der Waals surface area contributed by atoms with Crippen molar-refractivity contribution in [1.29, 1.82) is 0 Å². The van der Waals surface area contributed by atoms with Gasteiger partial charge in [0.1, 0.15) is 9.90 Å². The van der Waals surface area contributed by atoms with E-state index in [2.05, 4.69) is 9.71 Å². The normalized spacial score (nSPS) is 12.4. The van der Waals surface area contributed by atoms with Gasteiger partial charge in [0.05, 0.1) is 20.8 Å². The number of thiazole rings is 1. The van der Waals surface area contributed by atoms with Crippen LogP contribution in [0.25, 0.3) is 22.4 Å². The molecule has 0 aliphatic carbocycles. The van der Waals surface area contributed by atoms with E-state index in [0.717, 1.165) is 21.8 Å². The molecule has 0 atom stereocenters. The lowest BCUT2D eigenvalue weighted by molar-refractivity contribution is 0.483. The van der Waals surface area contributed by atoms with Gasteiger partial charge in [0.25, 0.3) is 20.1 Å². The minimum Gasteiger partial charge on any atom is -0.282 e. The molecule has 3 aromatic carbocycles. The summed E-state index contributed by atoms with van der Waals surface area (Å²) in [5, 5.41) is 0.664. The van der Waals surface area contributed by atoms with Gasteiger partial charge in [-0.05, 0) is 55.0 Å². The Morgan fingerprint density at radius 2 is 1.66 bits per heavy atom. The van der Waals surface area contributed by atoms with Gasteiger partial charge < -0.3 is 0 Å². The number of benzene rings is 3. The molecule has 10 heteroatoms. The Bertz CT molecular complexity index is 1510. The number of aryl methyl sites for hydroxylation is 1. The van der Waals surface area contributed by atoms with Gasteiger partial charge in [0.2, 0.25) is 0 Å². The fraction of sp³-hybridized carbons (Fsp3) is 0.0455. The molecule has 0 aliphatic heterocycles. The molecule has 0 bridgehead atoms. The van der Waals surface area contributed by atoms with Crippen LogP contribution in [0, 0.1) is 6.92 Å². The maximum atomic E-state index is 12.6. The molecule has 0 saturated carbocycles. The summed E-state index contributed by atoms with van der Waals surface area (Å²) in [7, 11) is -8.54. The molecule has 0 radical (unpaired) electrons. The number of nitrogens with one attached hydrogen (secondary N) is 1. The van der Waals surface area contributed by atoms with Crippen molar-refractivity contribution < 1.29 is 21.4 Å². The maximum Gasteiger partial charge on any atom is 0.295 e. The number of anilines is 1. The lowest BCUT2D eigenvalue weighted by Gasteiger charge is -2.11. The summed E-state index contributed by atoms with van der Waals surface area (Å²) < 4.78 is 62.2. The fourth-order valence-electron chi connectivity index (χ4n) is 3.01. The first-order chi connectivity index (χ1) is 15.1. The smallest absolute Gasteiger partial charge is 0.282 e. The molecule has 0 amide bonds.